The molecule has 0 unspecified atom stereocenters. The number of halogens is 1. The average molecular weight is 348 g/mol. The van der Waals surface area contributed by atoms with Crippen molar-refractivity contribution in [1.82, 2.24) is 0 Å². The third-order valence-corrected chi connectivity index (χ3v) is 4.04. The van der Waals surface area contributed by atoms with Gasteiger partial charge < -0.3 is 18.4 Å². The normalized spacial score (nSPS) is 9.64. The monoisotopic (exact) mass is 347 g/mol. The lowest BCUT2D eigenvalue weighted by atomic mass is 10.1. The van der Waals surface area contributed by atoms with E-state index in [1.165, 1.54) is 16.7 Å². The topological polar surface area (TPSA) is 71.0 Å². The second-order valence-electron chi connectivity index (χ2n) is 4.15. The van der Waals surface area contributed by atoms with Crippen molar-refractivity contribution in [3.8, 4) is 5.40 Å². The van der Waals surface area contributed by atoms with Crippen molar-refractivity contribution in [2.75, 3.05) is 5.73 Å². The number of rotatable bonds is 2. The number of nitrogens with zero attached hydrogens (tertiary/aromatic N) is 2. The van der Waals surface area contributed by atoms with Crippen molar-refractivity contribution in [2.45, 2.75) is 0 Å². The van der Waals surface area contributed by atoms with Crippen molar-refractivity contribution in [2.24, 2.45) is 0 Å². The molecular weight excluding hydrogens is 338 g/mol. The Bertz CT molecular complexity index is 853. The van der Waals surface area contributed by atoms with Gasteiger partial charge in [-0.25, -0.2) is 5.26 Å². The van der Waals surface area contributed by atoms with Crippen molar-refractivity contribution in [1.29, 1.82) is 5.26 Å². The van der Waals surface area contributed by atoms with Crippen LogP contribution in [0.15, 0.2) is 48.7 Å². The predicted molar refractivity (Wildman–Crippen MR) is 89.8 cm³/mol. The number of carbonyl (C=O) groups excluding carboxylic acids is 1. The summed E-state index contributed by atoms with van der Waals surface area (Å²) in [6.45, 7) is 0. The summed E-state index contributed by atoms with van der Waals surface area (Å²) >= 11 is 10.9. The van der Waals surface area contributed by atoms with Gasteiger partial charge in [0.15, 0.2) is 11.2 Å². The number of hydrogen-bond acceptors (Lipinski definition) is 5. The molecule has 0 saturated heterocycles. The minimum Gasteiger partial charge on any atom is -0.696 e. The number of fused-ring (bicyclic) bond motifs is 1. The molecule has 0 fully saturated rings. The molecular formula is C15H10ClN3OS2. The van der Waals surface area contributed by atoms with Gasteiger partial charge in [-0.1, -0.05) is 17.0 Å². The van der Waals surface area contributed by atoms with E-state index in [-0.39, 0.29) is 5.78 Å². The Labute approximate surface area is 141 Å². The lowest BCUT2D eigenvalue weighted by Crippen LogP contribution is -2.27. The van der Waals surface area contributed by atoms with E-state index < -0.39 is 0 Å². The van der Waals surface area contributed by atoms with Gasteiger partial charge in [0.05, 0.1) is 0 Å². The quantitative estimate of drug-likeness (QED) is 0.335. The molecule has 1 aromatic carbocycles. The Kier molecular flexibility index (Phi) is 5.28. The van der Waals surface area contributed by atoms with Gasteiger partial charge in [-0.3, -0.25) is 4.79 Å². The van der Waals surface area contributed by atoms with Crippen LogP contribution in [0.25, 0.3) is 4.83 Å². The van der Waals surface area contributed by atoms with Crippen LogP contribution in [0.5, 0.6) is 0 Å². The molecule has 0 spiro atoms. The molecule has 0 saturated carbocycles. The number of nitrogens with two attached hydrogens (primary N) is 1. The average Bonchev–Trinajstić information content (AvgIpc) is 2.84. The van der Waals surface area contributed by atoms with Crippen LogP contribution in [0.4, 0.5) is 5.00 Å². The lowest BCUT2D eigenvalue weighted by Gasteiger charge is -1.97. The summed E-state index contributed by atoms with van der Waals surface area (Å²) in [5.74, 6) is -0.100. The van der Waals surface area contributed by atoms with E-state index in [0.717, 1.165) is 4.83 Å². The van der Waals surface area contributed by atoms with E-state index in [9.17, 15) is 4.79 Å². The SMILES string of the molecule is N#C[S-].Nc1sc2cccc[n+]2c1C(=O)c1ccc(Cl)cc1. The van der Waals surface area contributed by atoms with Gasteiger partial charge >= 0.3 is 0 Å². The van der Waals surface area contributed by atoms with E-state index >= 15 is 0 Å². The zero-order chi connectivity index (χ0) is 16.1. The van der Waals surface area contributed by atoms with Crippen molar-refractivity contribution in [3.05, 3.63) is 64.9 Å². The molecule has 0 amide bonds. The van der Waals surface area contributed by atoms with Crippen LogP contribution in [-0.4, -0.2) is 5.78 Å². The summed E-state index contributed by atoms with van der Waals surface area (Å²) in [5, 5.41) is 9.59. The van der Waals surface area contributed by atoms with E-state index in [4.69, 9.17) is 22.6 Å². The highest BCUT2D eigenvalue weighted by Crippen LogP contribution is 2.23. The molecule has 3 rings (SSSR count). The van der Waals surface area contributed by atoms with Gasteiger partial charge in [-0.15, -0.1) is 4.40 Å². The Morgan fingerprint density at radius 3 is 2.55 bits per heavy atom. The second-order valence-corrected chi connectivity index (χ2v) is 5.83. The number of pyridine rings is 1. The summed E-state index contributed by atoms with van der Waals surface area (Å²) in [7, 11) is 0. The molecule has 4 nitrogen and oxygen atoms in total. The third-order valence-electron chi connectivity index (χ3n) is 2.83. The number of nitrogen functional groups attached to an aromatic ring is 1. The lowest BCUT2D eigenvalue weighted by molar-refractivity contribution is -0.509. The van der Waals surface area contributed by atoms with Crippen LogP contribution >= 0.6 is 22.9 Å². The van der Waals surface area contributed by atoms with Crippen LogP contribution in [-0.2, 0) is 12.6 Å². The predicted octanol–water partition coefficient (Wildman–Crippen LogP) is 2.97. The Hall–Kier alpha value is -2.20. The van der Waals surface area contributed by atoms with Gasteiger partial charge in [0, 0.05) is 22.7 Å². The van der Waals surface area contributed by atoms with Crippen molar-refractivity contribution < 1.29 is 9.20 Å². The van der Waals surface area contributed by atoms with Gasteiger partial charge in [-0.05, 0) is 41.7 Å². The van der Waals surface area contributed by atoms with Crippen molar-refractivity contribution in [3.63, 3.8) is 0 Å². The Balaban J connectivity index is 0.000000545. The summed E-state index contributed by atoms with van der Waals surface area (Å²) in [6.07, 6.45) is 1.84. The molecule has 0 bridgehead atoms. The van der Waals surface area contributed by atoms with Crippen LogP contribution in [0, 0.1) is 10.7 Å². The molecule has 2 heterocycles. The van der Waals surface area contributed by atoms with Crippen LogP contribution in [0.3, 0.4) is 0 Å². The Morgan fingerprint density at radius 2 is 1.91 bits per heavy atom. The molecule has 0 radical (unpaired) electrons. The minimum absolute atomic E-state index is 0.100. The van der Waals surface area contributed by atoms with E-state index in [0.29, 0.717) is 21.3 Å². The molecule has 2 N–H and O–H groups in total. The second kappa shape index (κ2) is 7.18. The maximum atomic E-state index is 12.5. The first kappa shape index (κ1) is 16.2. The van der Waals surface area contributed by atoms with E-state index in [1.807, 2.05) is 28.8 Å². The molecule has 110 valence electrons. The fourth-order valence-electron chi connectivity index (χ4n) is 1.93. The number of ketones is 1. The smallest absolute Gasteiger partial charge is 0.293 e. The molecule has 0 aliphatic heterocycles. The fraction of sp³-hybridized carbons (Fsp3) is 0. The number of aromatic nitrogens is 1. The number of thiazole rings is 1. The van der Waals surface area contributed by atoms with Gasteiger partial charge in [-0.2, -0.15) is 0 Å². The summed E-state index contributed by atoms with van der Waals surface area (Å²) in [4.78, 5) is 13.5. The maximum Gasteiger partial charge on any atom is 0.293 e. The van der Waals surface area contributed by atoms with E-state index in [2.05, 4.69) is 12.6 Å². The number of thiocyanates is 1. The molecule has 22 heavy (non-hydrogen) atoms. The number of hydrogen-bond donors (Lipinski definition) is 1. The van der Waals surface area contributed by atoms with E-state index in [1.54, 1.807) is 24.3 Å². The first-order valence-electron chi connectivity index (χ1n) is 6.08. The van der Waals surface area contributed by atoms with Crippen LogP contribution < -0.4 is 10.1 Å². The molecule has 2 aromatic heterocycles. The highest BCUT2D eigenvalue weighted by Gasteiger charge is 2.26. The summed E-state index contributed by atoms with van der Waals surface area (Å²) in [6, 6.07) is 12.5. The third kappa shape index (κ3) is 3.34. The summed E-state index contributed by atoms with van der Waals surface area (Å²) in [5.41, 5.74) is 7.05. The van der Waals surface area contributed by atoms with Crippen LogP contribution in [0.2, 0.25) is 5.02 Å². The number of anilines is 1. The largest absolute Gasteiger partial charge is 0.696 e. The number of benzene rings is 1. The molecule has 0 aliphatic carbocycles. The van der Waals surface area contributed by atoms with Crippen LogP contribution in [0.1, 0.15) is 16.1 Å². The maximum absolute atomic E-state index is 12.5. The highest BCUT2D eigenvalue weighted by molar-refractivity contribution is 7.64. The Morgan fingerprint density at radius 1 is 1.27 bits per heavy atom. The first-order chi connectivity index (χ1) is 10.6. The number of carbonyl (C=O) groups is 1. The molecule has 0 aliphatic rings. The standard InChI is InChI=1S/C14H9ClN2OS.CHNS/c15-10-6-4-9(5-7-10)13(18)12-14(16)19-11-3-1-2-8-17(11)12;2-1-3/h1-8H,(H-,16,18);3H. The minimum atomic E-state index is -0.100. The zero-order valence-corrected chi connectivity index (χ0v) is 13.6. The van der Waals surface area contributed by atoms with Gasteiger partial charge in [0.1, 0.15) is 0 Å². The van der Waals surface area contributed by atoms with Crippen molar-refractivity contribution >= 4 is 51.2 Å². The molecule has 0 atom stereocenters. The zero-order valence-electron chi connectivity index (χ0n) is 11.2. The van der Waals surface area contributed by atoms with Gasteiger partial charge in [0.2, 0.25) is 0 Å². The molecule has 7 heteroatoms. The highest BCUT2D eigenvalue weighted by atomic mass is 35.5. The fourth-order valence-corrected chi connectivity index (χ4v) is 2.97. The molecule has 3 aromatic rings. The first-order valence-corrected chi connectivity index (χ1v) is 7.69. The number of nitriles is 1. The van der Waals surface area contributed by atoms with Gasteiger partial charge in [0.25, 0.3) is 16.3 Å². The summed E-state index contributed by atoms with van der Waals surface area (Å²) < 4.78 is 1.82.